The largest absolute Gasteiger partial charge is 0.381 e. The van der Waals surface area contributed by atoms with Gasteiger partial charge in [0.25, 0.3) is 17.4 Å². The van der Waals surface area contributed by atoms with Gasteiger partial charge < -0.3 is 19.7 Å². The van der Waals surface area contributed by atoms with E-state index in [1.54, 1.807) is 50.4 Å². The van der Waals surface area contributed by atoms with Gasteiger partial charge >= 0.3 is 0 Å². The number of fused-ring (bicyclic) bond motifs is 1. The van der Waals surface area contributed by atoms with Gasteiger partial charge in [0.15, 0.2) is 5.69 Å². The number of pyridine rings is 1. The molecule has 0 saturated carbocycles. The molecule has 2 amide bonds. The molecule has 0 fully saturated rings. The number of carbonyl (C=O) groups excluding carboxylic acids is 2. The average Bonchev–Trinajstić information content (AvgIpc) is 3.46. The first-order valence-electron chi connectivity index (χ1n) is 13.0. The summed E-state index contributed by atoms with van der Waals surface area (Å²) in [5.74, 6) is -0.235. The van der Waals surface area contributed by atoms with E-state index in [0.717, 1.165) is 21.4 Å². The van der Waals surface area contributed by atoms with E-state index in [1.807, 2.05) is 36.6 Å². The summed E-state index contributed by atoms with van der Waals surface area (Å²) < 4.78 is 8.56. The molecule has 206 valence electrons. The molecule has 2 aromatic carbocycles. The van der Waals surface area contributed by atoms with E-state index in [-0.39, 0.29) is 17.2 Å². The molecule has 5 aromatic rings. The highest BCUT2D eigenvalue weighted by atomic mass is 16.5. The molecule has 0 spiro atoms. The lowest BCUT2D eigenvalue weighted by Crippen LogP contribution is -2.19. The van der Waals surface area contributed by atoms with Gasteiger partial charge in [-0.3, -0.25) is 14.4 Å². The Morgan fingerprint density at radius 1 is 1.07 bits per heavy atom. The van der Waals surface area contributed by atoms with E-state index in [9.17, 15) is 19.6 Å². The highest BCUT2D eigenvalue weighted by molar-refractivity contribution is 6.12. The molecule has 2 N–H and O–H groups in total. The maximum Gasteiger partial charge on any atom is 0.290 e. The molecule has 0 aliphatic heterocycles. The van der Waals surface area contributed by atoms with Gasteiger partial charge in [0.1, 0.15) is 5.76 Å². The SMILES string of the molecule is CCn1c(-c2ccc(-c3c(C)on(C)c3=O)c(C#N)c2)cc2cc(C)nc(C(=O)Nc3cccc(C(=O)NC)c3)c21. The summed E-state index contributed by atoms with van der Waals surface area (Å²) in [4.78, 5) is 42.8. The molecular weight excluding hydrogens is 520 g/mol. The van der Waals surface area contributed by atoms with Gasteiger partial charge in [0, 0.05) is 54.2 Å². The van der Waals surface area contributed by atoms with Gasteiger partial charge in [-0.15, -0.1) is 0 Å². The summed E-state index contributed by atoms with van der Waals surface area (Å²) >= 11 is 0. The first-order valence-corrected chi connectivity index (χ1v) is 13.0. The number of nitriles is 1. The van der Waals surface area contributed by atoms with Crippen LogP contribution in [0.5, 0.6) is 0 Å². The average molecular weight is 549 g/mol. The Labute approximate surface area is 235 Å². The molecule has 3 aromatic heterocycles. The van der Waals surface area contributed by atoms with Crippen LogP contribution in [0.3, 0.4) is 0 Å². The summed E-state index contributed by atoms with van der Waals surface area (Å²) in [7, 11) is 3.07. The van der Waals surface area contributed by atoms with Crippen molar-refractivity contribution in [3.8, 4) is 28.5 Å². The fraction of sp³-hybridized carbons (Fsp3) is 0.194. The number of hydrogen-bond donors (Lipinski definition) is 2. The third kappa shape index (κ3) is 4.78. The van der Waals surface area contributed by atoms with Gasteiger partial charge in [0.2, 0.25) is 0 Å². The van der Waals surface area contributed by atoms with E-state index < -0.39 is 5.91 Å². The second-order valence-corrected chi connectivity index (χ2v) is 9.64. The second-order valence-electron chi connectivity index (χ2n) is 9.64. The van der Waals surface area contributed by atoms with Crippen molar-refractivity contribution in [2.75, 3.05) is 12.4 Å². The summed E-state index contributed by atoms with van der Waals surface area (Å²) in [5, 5.41) is 16.3. The van der Waals surface area contributed by atoms with Crippen LogP contribution in [0, 0.1) is 25.2 Å². The molecule has 0 unspecified atom stereocenters. The van der Waals surface area contributed by atoms with Crippen LogP contribution < -0.4 is 16.2 Å². The zero-order valence-electron chi connectivity index (χ0n) is 23.3. The minimum absolute atomic E-state index is 0.244. The molecule has 3 heterocycles. The van der Waals surface area contributed by atoms with Crippen molar-refractivity contribution in [3.63, 3.8) is 0 Å². The van der Waals surface area contributed by atoms with Crippen molar-refractivity contribution in [2.45, 2.75) is 27.3 Å². The van der Waals surface area contributed by atoms with Gasteiger partial charge in [-0.25, -0.2) is 4.98 Å². The van der Waals surface area contributed by atoms with Crippen LogP contribution >= 0.6 is 0 Å². The van der Waals surface area contributed by atoms with Crippen molar-refractivity contribution >= 4 is 28.4 Å². The number of nitrogens with zero attached hydrogens (tertiary/aromatic N) is 4. The maximum absolute atomic E-state index is 13.5. The molecule has 0 bridgehead atoms. The number of hydrogen-bond acceptors (Lipinski definition) is 6. The zero-order chi connectivity index (χ0) is 29.4. The Bertz CT molecular complexity index is 1950. The summed E-state index contributed by atoms with van der Waals surface area (Å²) in [5.41, 5.74) is 4.88. The minimum atomic E-state index is -0.411. The van der Waals surface area contributed by atoms with Crippen LogP contribution in [0.2, 0.25) is 0 Å². The maximum atomic E-state index is 13.5. The number of carbonyl (C=O) groups is 2. The van der Waals surface area contributed by atoms with Gasteiger partial charge in [-0.05, 0) is 62.7 Å². The van der Waals surface area contributed by atoms with Gasteiger partial charge in [0.05, 0.1) is 22.7 Å². The fourth-order valence-electron chi connectivity index (χ4n) is 5.15. The quantitative estimate of drug-likeness (QED) is 0.314. The van der Waals surface area contributed by atoms with Gasteiger partial charge in [-0.2, -0.15) is 10.0 Å². The Hall–Kier alpha value is -5.43. The number of benzene rings is 2. The molecular formula is C31H28N6O4. The van der Waals surface area contributed by atoms with Gasteiger partial charge in [-0.1, -0.05) is 18.2 Å². The number of nitrogens with one attached hydrogen (secondary N) is 2. The van der Waals surface area contributed by atoms with Crippen LogP contribution in [-0.2, 0) is 13.6 Å². The third-order valence-corrected chi connectivity index (χ3v) is 6.98. The van der Waals surface area contributed by atoms with E-state index >= 15 is 0 Å². The van der Waals surface area contributed by atoms with Crippen molar-refractivity contribution < 1.29 is 14.1 Å². The molecule has 0 aliphatic carbocycles. The number of rotatable bonds is 6. The van der Waals surface area contributed by atoms with Crippen LogP contribution in [0.4, 0.5) is 5.69 Å². The standard InChI is InChI=1S/C31H28N6O4/c1-6-37-25(19-10-11-24(22(13-19)16-32)26-18(3)41-36(5)31(26)40)15-21-12-17(2)34-27(28(21)37)30(39)35-23-9-7-8-20(14-23)29(38)33-4/h7-15H,6H2,1-5H3,(H,33,38)(H,35,39). The van der Waals surface area contributed by atoms with E-state index in [1.165, 1.54) is 7.05 Å². The minimum Gasteiger partial charge on any atom is -0.381 e. The predicted molar refractivity (Wildman–Crippen MR) is 156 cm³/mol. The van der Waals surface area contributed by atoms with Crippen LogP contribution in [0.1, 0.15) is 44.8 Å². The first kappa shape index (κ1) is 27.1. The summed E-state index contributed by atoms with van der Waals surface area (Å²) in [6.45, 7) is 6.01. The number of anilines is 1. The lowest BCUT2D eigenvalue weighted by molar-refractivity contribution is 0.0961. The van der Waals surface area contributed by atoms with E-state index in [2.05, 4.69) is 21.7 Å². The van der Waals surface area contributed by atoms with Crippen molar-refractivity contribution in [3.05, 3.63) is 93.2 Å². The highest BCUT2D eigenvalue weighted by Gasteiger charge is 2.22. The molecule has 0 saturated heterocycles. The normalized spacial score (nSPS) is 10.9. The van der Waals surface area contributed by atoms with Crippen LogP contribution in [0.25, 0.3) is 33.3 Å². The first-order chi connectivity index (χ1) is 19.7. The smallest absolute Gasteiger partial charge is 0.290 e. The Morgan fingerprint density at radius 3 is 2.51 bits per heavy atom. The highest BCUT2D eigenvalue weighted by Crippen LogP contribution is 2.34. The lowest BCUT2D eigenvalue weighted by Gasteiger charge is -2.13. The Morgan fingerprint density at radius 2 is 1.85 bits per heavy atom. The van der Waals surface area contributed by atoms with E-state index in [4.69, 9.17) is 4.52 Å². The Balaban J connectivity index is 1.61. The van der Waals surface area contributed by atoms with E-state index in [0.29, 0.717) is 51.5 Å². The topological polar surface area (TPSA) is 135 Å². The second kappa shape index (κ2) is 10.6. The molecule has 0 radical (unpaired) electrons. The summed E-state index contributed by atoms with van der Waals surface area (Å²) in [6.07, 6.45) is 0. The fourth-order valence-corrected chi connectivity index (χ4v) is 5.15. The monoisotopic (exact) mass is 548 g/mol. The molecule has 10 nitrogen and oxygen atoms in total. The summed E-state index contributed by atoms with van der Waals surface area (Å²) in [6, 6.07) is 18.1. The number of aromatic nitrogens is 3. The lowest BCUT2D eigenvalue weighted by atomic mass is 9.97. The number of amides is 2. The molecule has 41 heavy (non-hydrogen) atoms. The predicted octanol–water partition coefficient (Wildman–Crippen LogP) is 4.78. The van der Waals surface area contributed by atoms with Crippen LogP contribution in [-0.4, -0.2) is 33.2 Å². The number of aryl methyl sites for hydroxylation is 4. The van der Waals surface area contributed by atoms with Crippen molar-refractivity contribution in [1.29, 1.82) is 5.26 Å². The van der Waals surface area contributed by atoms with Crippen molar-refractivity contribution in [1.82, 2.24) is 19.6 Å². The molecule has 0 aliphatic rings. The van der Waals surface area contributed by atoms with Crippen LogP contribution in [0.15, 0.2) is 63.9 Å². The molecule has 0 atom stereocenters. The molecule has 10 heteroatoms. The Kier molecular flexibility index (Phi) is 7.03. The molecule has 5 rings (SSSR count). The third-order valence-electron chi connectivity index (χ3n) is 6.98. The zero-order valence-corrected chi connectivity index (χ0v) is 23.3. The van der Waals surface area contributed by atoms with Crippen molar-refractivity contribution in [2.24, 2.45) is 7.05 Å².